The average molecular weight is 664 g/mol. The largest absolute Gasteiger partial charge is 0.478 e. The highest BCUT2D eigenvalue weighted by atomic mass is 32.2. The quantitative estimate of drug-likeness (QED) is 0.0923. The molecule has 0 aromatic heterocycles. The fraction of sp³-hybridized carbons (Fsp3) is 0.917. The smallest absolute Gasteiger partial charge is 0.346 e. The van der Waals surface area contributed by atoms with Crippen LogP contribution in [0, 0.1) is 0 Å². The minimum absolute atomic E-state index is 0.435. The normalized spacial score (nSPS) is 44.5. The summed E-state index contributed by atoms with van der Waals surface area (Å²) in [5.41, 5.74) is 0. The Morgan fingerprint density at radius 3 is 2.11 bits per heavy atom. The molecule has 16 atom stereocenters. The molecule has 12 N–H and O–H groups in total. The molecule has 0 bridgehead atoms. The van der Waals surface area contributed by atoms with Crippen molar-refractivity contribution in [2.75, 3.05) is 26.1 Å². The van der Waals surface area contributed by atoms with E-state index in [0.29, 0.717) is 11.8 Å². The summed E-state index contributed by atoms with van der Waals surface area (Å²) in [5.74, 6) is -2.88. The van der Waals surface area contributed by atoms with E-state index in [2.05, 4.69) is 5.32 Å². The van der Waals surface area contributed by atoms with Gasteiger partial charge in [0.2, 0.25) is 10.8 Å². The number of methoxy groups -OCH3 is 1. The molecule has 20 heteroatoms. The lowest BCUT2D eigenvalue weighted by molar-refractivity contribution is -0.354. The summed E-state index contributed by atoms with van der Waals surface area (Å²) in [6.07, 6.45) is -24.5. The maximum absolute atomic E-state index is 12.5. The Balaban J connectivity index is 1.81. The SMILES string of the molecule is CO[C@@H]1O[C@H](CO)[C@@H](O[C@@H]2O[C@H](CS[C@]3(C(=O)O)C[C@H](O)[C@@H](NC(C)=O)[C@H]([C@H](O)[C@H](O)CO)O3)[C@H](O)[C@H](O)[C@H]2O)[C@H](O)[C@H]1O. The van der Waals surface area contributed by atoms with Crippen LogP contribution in [0.3, 0.4) is 0 Å². The molecule has 3 rings (SSSR count). The molecule has 256 valence electrons. The number of ether oxygens (including phenoxy) is 5. The van der Waals surface area contributed by atoms with Crippen LogP contribution in [-0.4, -0.2) is 191 Å². The molecule has 0 unspecified atom stereocenters. The van der Waals surface area contributed by atoms with E-state index in [-0.39, 0.29) is 0 Å². The number of carboxylic acid groups (broad SMARTS) is 1. The predicted octanol–water partition coefficient (Wildman–Crippen LogP) is -6.85. The molecule has 3 aliphatic heterocycles. The first kappa shape index (κ1) is 37.2. The van der Waals surface area contributed by atoms with Gasteiger partial charge in [0.25, 0.3) is 0 Å². The van der Waals surface area contributed by atoms with Crippen LogP contribution in [0.2, 0.25) is 0 Å². The lowest BCUT2D eigenvalue weighted by Crippen LogP contribution is -2.67. The third kappa shape index (κ3) is 7.79. The van der Waals surface area contributed by atoms with Crippen molar-refractivity contribution < 1.29 is 89.4 Å². The van der Waals surface area contributed by atoms with Gasteiger partial charge in [-0.1, -0.05) is 0 Å². The van der Waals surface area contributed by atoms with Crippen LogP contribution in [0.15, 0.2) is 0 Å². The second-order valence-electron chi connectivity index (χ2n) is 10.7. The van der Waals surface area contributed by atoms with Crippen molar-refractivity contribution in [3.63, 3.8) is 0 Å². The molecule has 44 heavy (non-hydrogen) atoms. The summed E-state index contributed by atoms with van der Waals surface area (Å²) in [6, 6.07) is -1.40. The number of aliphatic hydroxyl groups is 10. The number of nitrogens with one attached hydrogen (secondary N) is 1. The Morgan fingerprint density at radius 2 is 1.57 bits per heavy atom. The first-order chi connectivity index (χ1) is 20.6. The number of amides is 1. The molecular weight excluding hydrogens is 622 g/mol. The average Bonchev–Trinajstić information content (AvgIpc) is 2.99. The van der Waals surface area contributed by atoms with Gasteiger partial charge in [-0.25, -0.2) is 4.79 Å². The summed E-state index contributed by atoms with van der Waals surface area (Å²) in [7, 11) is 1.18. The minimum Gasteiger partial charge on any atom is -0.478 e. The molecule has 0 saturated carbocycles. The van der Waals surface area contributed by atoms with Crippen LogP contribution < -0.4 is 5.32 Å². The van der Waals surface area contributed by atoms with Crippen molar-refractivity contribution in [3.05, 3.63) is 0 Å². The van der Waals surface area contributed by atoms with Gasteiger partial charge >= 0.3 is 5.97 Å². The van der Waals surface area contributed by atoms with Gasteiger partial charge in [0.15, 0.2) is 12.6 Å². The van der Waals surface area contributed by atoms with Crippen LogP contribution in [0.5, 0.6) is 0 Å². The molecule has 3 heterocycles. The third-order valence-electron chi connectivity index (χ3n) is 7.68. The van der Waals surface area contributed by atoms with E-state index in [1.54, 1.807) is 0 Å². The minimum atomic E-state index is -2.40. The molecule has 19 nitrogen and oxygen atoms in total. The van der Waals surface area contributed by atoms with Gasteiger partial charge in [0, 0.05) is 26.2 Å². The van der Waals surface area contributed by atoms with Crippen molar-refractivity contribution in [2.45, 2.75) is 110 Å². The fourth-order valence-corrected chi connectivity index (χ4v) is 6.53. The van der Waals surface area contributed by atoms with Crippen molar-refractivity contribution in [3.8, 4) is 0 Å². The number of thioether (sulfide) groups is 1. The standard InChI is InChI=1S/C24H41NO18S/c1-7(28)25-12-8(29)3-24(23(37)38,43-20(12)13(31)9(30)4-26)44-6-11-14(32)15(33)17(35)22(41-11)42-19-10(5-27)40-21(39-2)18(36)16(19)34/h8-22,26-27,29-36H,3-6H2,1-2H3,(H,25,28)(H,37,38)/t8-,9+,10+,11+,12+,13+,14-,15-,16+,17+,18+,19+,20+,21+,22-,24-/m0/s1. The summed E-state index contributed by atoms with van der Waals surface area (Å²) in [6.45, 7) is -0.619. The van der Waals surface area contributed by atoms with E-state index in [1.807, 2.05) is 0 Å². The van der Waals surface area contributed by atoms with Gasteiger partial charge in [0.05, 0.1) is 31.5 Å². The molecule has 3 fully saturated rings. The zero-order chi connectivity index (χ0) is 33.1. The highest BCUT2D eigenvalue weighted by Crippen LogP contribution is 2.42. The van der Waals surface area contributed by atoms with E-state index in [1.165, 1.54) is 7.11 Å². The summed E-state index contributed by atoms with van der Waals surface area (Å²) >= 11 is 0.435. The van der Waals surface area contributed by atoms with Gasteiger partial charge in [-0.05, 0) is 0 Å². The maximum Gasteiger partial charge on any atom is 0.346 e. The molecule has 0 aromatic carbocycles. The van der Waals surface area contributed by atoms with E-state index in [0.717, 1.165) is 6.92 Å². The number of aliphatic carboxylic acids is 1. The predicted molar refractivity (Wildman–Crippen MR) is 141 cm³/mol. The molecule has 3 saturated heterocycles. The number of carbonyl (C=O) groups is 2. The highest BCUT2D eigenvalue weighted by molar-refractivity contribution is 8.01. The van der Waals surface area contributed by atoms with Crippen molar-refractivity contribution in [1.29, 1.82) is 0 Å². The number of aliphatic hydroxyl groups excluding tert-OH is 10. The molecule has 1 amide bonds. The van der Waals surface area contributed by atoms with Crippen LogP contribution >= 0.6 is 11.8 Å². The van der Waals surface area contributed by atoms with Crippen LogP contribution in [0.25, 0.3) is 0 Å². The lowest BCUT2D eigenvalue weighted by Gasteiger charge is -2.48. The summed E-state index contributed by atoms with van der Waals surface area (Å²) in [5, 5.41) is 115. The Kier molecular flexibility index (Phi) is 13.1. The van der Waals surface area contributed by atoms with Gasteiger partial charge in [-0.3, -0.25) is 4.79 Å². The summed E-state index contributed by atoms with van der Waals surface area (Å²) < 4.78 is 27.1. The Labute approximate surface area is 254 Å². The van der Waals surface area contributed by atoms with Gasteiger partial charge in [-0.15, -0.1) is 11.8 Å². The number of hydrogen-bond donors (Lipinski definition) is 12. The van der Waals surface area contributed by atoms with Gasteiger partial charge < -0.3 is 85.2 Å². The number of carboxylic acids is 1. The Hall–Kier alpha value is -1.31. The zero-order valence-electron chi connectivity index (χ0n) is 23.7. The zero-order valence-corrected chi connectivity index (χ0v) is 24.5. The van der Waals surface area contributed by atoms with Crippen LogP contribution in [-0.2, 0) is 33.3 Å². The fourth-order valence-electron chi connectivity index (χ4n) is 5.23. The molecule has 0 aromatic rings. The molecule has 3 aliphatic rings. The topological polar surface area (TPSA) is 315 Å². The van der Waals surface area contributed by atoms with E-state index in [4.69, 9.17) is 23.7 Å². The molecule has 0 radical (unpaired) electrons. The number of rotatable bonds is 12. The molecule has 0 spiro atoms. The summed E-state index contributed by atoms with van der Waals surface area (Å²) in [4.78, 5) is 21.8. The third-order valence-corrected chi connectivity index (χ3v) is 9.08. The van der Waals surface area contributed by atoms with Gasteiger partial charge in [-0.2, -0.15) is 0 Å². The van der Waals surface area contributed by atoms with E-state index >= 15 is 0 Å². The first-order valence-electron chi connectivity index (χ1n) is 13.6. The van der Waals surface area contributed by atoms with Crippen LogP contribution in [0.1, 0.15) is 13.3 Å². The second-order valence-corrected chi connectivity index (χ2v) is 12.0. The lowest BCUT2D eigenvalue weighted by atomic mass is 9.90. The molecule has 0 aliphatic carbocycles. The first-order valence-corrected chi connectivity index (χ1v) is 14.6. The highest BCUT2D eigenvalue weighted by Gasteiger charge is 2.56. The maximum atomic E-state index is 12.5. The van der Waals surface area contributed by atoms with Crippen molar-refractivity contribution in [2.24, 2.45) is 0 Å². The molecular formula is C24H41NO18S. The second kappa shape index (κ2) is 15.5. The number of carbonyl (C=O) groups excluding carboxylic acids is 1. The Bertz CT molecular complexity index is 964. The van der Waals surface area contributed by atoms with E-state index < -0.39 is 134 Å². The van der Waals surface area contributed by atoms with E-state index in [9.17, 15) is 65.8 Å². The number of hydrogen-bond acceptors (Lipinski definition) is 18. The van der Waals surface area contributed by atoms with Crippen molar-refractivity contribution in [1.82, 2.24) is 5.32 Å². The monoisotopic (exact) mass is 663 g/mol. The Morgan fingerprint density at radius 1 is 0.955 bits per heavy atom. The van der Waals surface area contributed by atoms with Gasteiger partial charge in [0.1, 0.15) is 61.0 Å². The van der Waals surface area contributed by atoms with Crippen LogP contribution in [0.4, 0.5) is 0 Å². The van der Waals surface area contributed by atoms with Crippen molar-refractivity contribution >= 4 is 23.6 Å².